The Morgan fingerprint density at radius 1 is 1.22 bits per heavy atom. The molecule has 124 valence electrons. The van der Waals surface area contributed by atoms with Crippen molar-refractivity contribution in [3.05, 3.63) is 16.5 Å². The summed E-state index contributed by atoms with van der Waals surface area (Å²) in [7, 11) is 0. The average molecular weight is 339 g/mol. The molecule has 0 saturated carbocycles. The smallest absolute Gasteiger partial charge is 0.407 e. The summed E-state index contributed by atoms with van der Waals surface area (Å²) >= 11 is 6.05. The lowest BCUT2D eigenvalue weighted by molar-refractivity contribution is -0.118. The average Bonchev–Trinajstić information content (AvgIpc) is 2.47. The number of carbonyl (C=O) groups is 2. The van der Waals surface area contributed by atoms with Crippen molar-refractivity contribution in [3.63, 3.8) is 0 Å². The molecule has 0 unspecified atom stereocenters. The van der Waals surface area contributed by atoms with E-state index in [-0.39, 0.29) is 23.2 Å². The lowest BCUT2D eigenvalue weighted by Crippen LogP contribution is -2.58. The van der Waals surface area contributed by atoms with Crippen LogP contribution in [0.3, 0.4) is 0 Å². The number of hydrogen-bond acceptors (Lipinski definition) is 5. The molecule has 3 rings (SSSR count). The topological polar surface area (TPSA) is 86.6 Å². The molecule has 1 aromatic rings. The highest BCUT2D eigenvalue weighted by molar-refractivity contribution is 6.28. The van der Waals surface area contributed by atoms with E-state index < -0.39 is 6.09 Å². The van der Waals surface area contributed by atoms with E-state index in [1.165, 1.54) is 4.90 Å². The molecular weight excluding hydrogens is 320 g/mol. The molecule has 0 radical (unpaired) electrons. The first kappa shape index (κ1) is 16.0. The highest BCUT2D eigenvalue weighted by atomic mass is 35.5. The molecule has 1 amide bonds. The SMILES string of the molecule is C[C@@H]1CN(c2nc(Cl)nc3c2CCC(=O)C3)[C@@H](C)CN1C(=O)O. The molecule has 0 aromatic carbocycles. The van der Waals surface area contributed by atoms with Crippen molar-refractivity contribution in [2.75, 3.05) is 18.0 Å². The maximum Gasteiger partial charge on any atom is 0.407 e. The second-order valence-electron chi connectivity index (χ2n) is 6.24. The Balaban J connectivity index is 1.96. The Kier molecular flexibility index (Phi) is 4.14. The number of piperazine rings is 1. The van der Waals surface area contributed by atoms with Crippen molar-refractivity contribution in [1.29, 1.82) is 0 Å². The summed E-state index contributed by atoms with van der Waals surface area (Å²) in [5.41, 5.74) is 1.67. The summed E-state index contributed by atoms with van der Waals surface area (Å²) in [6, 6.07) is -0.159. The van der Waals surface area contributed by atoms with Crippen LogP contribution in [0, 0.1) is 0 Å². The van der Waals surface area contributed by atoms with Gasteiger partial charge in [0, 0.05) is 43.6 Å². The van der Waals surface area contributed by atoms with Crippen LogP contribution in [-0.2, 0) is 17.6 Å². The summed E-state index contributed by atoms with van der Waals surface area (Å²) in [4.78, 5) is 35.1. The number of carboxylic acid groups (broad SMARTS) is 1. The van der Waals surface area contributed by atoms with Crippen molar-refractivity contribution in [1.82, 2.24) is 14.9 Å². The van der Waals surface area contributed by atoms with Gasteiger partial charge in [-0.2, -0.15) is 0 Å². The van der Waals surface area contributed by atoms with Gasteiger partial charge in [-0.05, 0) is 31.9 Å². The molecule has 2 aliphatic rings. The minimum absolute atomic E-state index is 0.0185. The van der Waals surface area contributed by atoms with Crippen LogP contribution >= 0.6 is 11.6 Å². The largest absolute Gasteiger partial charge is 0.465 e. The first-order chi connectivity index (χ1) is 10.9. The summed E-state index contributed by atoms with van der Waals surface area (Å²) in [6.45, 7) is 4.80. The van der Waals surface area contributed by atoms with Gasteiger partial charge in [-0.25, -0.2) is 14.8 Å². The van der Waals surface area contributed by atoms with Crippen LogP contribution < -0.4 is 4.90 Å². The minimum atomic E-state index is -0.905. The van der Waals surface area contributed by atoms with E-state index in [9.17, 15) is 14.7 Å². The molecule has 1 aliphatic carbocycles. The van der Waals surface area contributed by atoms with Gasteiger partial charge in [0.15, 0.2) is 0 Å². The summed E-state index contributed by atoms with van der Waals surface area (Å²) < 4.78 is 0. The van der Waals surface area contributed by atoms with E-state index in [4.69, 9.17) is 11.6 Å². The van der Waals surface area contributed by atoms with E-state index in [1.807, 2.05) is 13.8 Å². The summed E-state index contributed by atoms with van der Waals surface area (Å²) in [5.74, 6) is 0.909. The van der Waals surface area contributed by atoms with Gasteiger partial charge < -0.3 is 14.9 Å². The molecule has 8 heteroatoms. The van der Waals surface area contributed by atoms with E-state index in [0.717, 1.165) is 11.4 Å². The third-order valence-corrected chi connectivity index (χ3v) is 4.73. The Bertz CT molecular complexity index is 666. The van der Waals surface area contributed by atoms with Crippen molar-refractivity contribution in [2.24, 2.45) is 0 Å². The molecule has 2 heterocycles. The van der Waals surface area contributed by atoms with Crippen molar-refractivity contribution in [2.45, 2.75) is 45.2 Å². The molecule has 23 heavy (non-hydrogen) atoms. The molecule has 1 aromatic heterocycles. The Hall–Kier alpha value is -1.89. The fraction of sp³-hybridized carbons (Fsp3) is 0.600. The standard InChI is InChI=1S/C15H19ClN4O3/c1-8-7-20(15(22)23)9(2)6-19(8)13-11-4-3-10(21)5-12(11)17-14(16)18-13/h8-9H,3-7H2,1-2H3,(H,22,23)/t8-,9+/m0/s1. The van der Waals surface area contributed by atoms with E-state index >= 15 is 0 Å². The zero-order valence-electron chi connectivity index (χ0n) is 13.1. The fourth-order valence-electron chi connectivity index (χ4n) is 3.36. The first-order valence-electron chi connectivity index (χ1n) is 7.70. The third-order valence-electron chi connectivity index (χ3n) is 4.57. The Morgan fingerprint density at radius 2 is 1.96 bits per heavy atom. The highest BCUT2D eigenvalue weighted by Crippen LogP contribution is 2.31. The fourth-order valence-corrected chi connectivity index (χ4v) is 3.54. The number of fused-ring (bicyclic) bond motifs is 1. The van der Waals surface area contributed by atoms with E-state index in [1.54, 1.807) is 0 Å². The van der Waals surface area contributed by atoms with Crippen LogP contribution in [0.1, 0.15) is 31.5 Å². The van der Waals surface area contributed by atoms with Gasteiger partial charge in [-0.1, -0.05) is 0 Å². The van der Waals surface area contributed by atoms with Gasteiger partial charge in [0.25, 0.3) is 0 Å². The monoisotopic (exact) mass is 338 g/mol. The van der Waals surface area contributed by atoms with Crippen LogP contribution in [0.5, 0.6) is 0 Å². The maximum absolute atomic E-state index is 11.7. The number of ketones is 1. The van der Waals surface area contributed by atoms with Gasteiger partial charge in [0.2, 0.25) is 5.28 Å². The third kappa shape index (κ3) is 2.97. The summed E-state index contributed by atoms with van der Waals surface area (Å²) in [5, 5.41) is 9.41. The molecule has 1 aliphatic heterocycles. The highest BCUT2D eigenvalue weighted by Gasteiger charge is 2.35. The Labute approximate surface area is 139 Å². The molecule has 7 nitrogen and oxygen atoms in total. The number of amides is 1. The van der Waals surface area contributed by atoms with Gasteiger partial charge in [0.05, 0.1) is 5.69 Å². The van der Waals surface area contributed by atoms with Crippen LogP contribution in [0.25, 0.3) is 0 Å². The molecule has 0 spiro atoms. The first-order valence-corrected chi connectivity index (χ1v) is 8.07. The normalized spacial score (nSPS) is 24.6. The van der Waals surface area contributed by atoms with Gasteiger partial charge >= 0.3 is 6.09 Å². The van der Waals surface area contributed by atoms with E-state index in [2.05, 4.69) is 14.9 Å². The van der Waals surface area contributed by atoms with Crippen molar-refractivity contribution < 1.29 is 14.7 Å². The minimum Gasteiger partial charge on any atom is -0.465 e. The van der Waals surface area contributed by atoms with Crippen molar-refractivity contribution >= 4 is 29.3 Å². The lowest BCUT2D eigenvalue weighted by atomic mass is 9.94. The zero-order valence-corrected chi connectivity index (χ0v) is 13.9. The second kappa shape index (κ2) is 5.96. The number of carbonyl (C=O) groups excluding carboxylic acids is 1. The summed E-state index contributed by atoms with van der Waals surface area (Å²) in [6.07, 6.45) is 0.492. The van der Waals surface area contributed by atoms with Crippen LogP contribution in [0.15, 0.2) is 0 Å². The Morgan fingerprint density at radius 3 is 2.65 bits per heavy atom. The molecule has 1 saturated heterocycles. The van der Waals surface area contributed by atoms with Crippen LogP contribution in [-0.4, -0.2) is 57.0 Å². The van der Waals surface area contributed by atoms with Crippen molar-refractivity contribution in [3.8, 4) is 0 Å². The van der Waals surface area contributed by atoms with Gasteiger partial charge in [-0.15, -0.1) is 0 Å². The zero-order chi connectivity index (χ0) is 16.7. The number of nitrogens with zero attached hydrogens (tertiary/aromatic N) is 4. The maximum atomic E-state index is 11.7. The molecular formula is C15H19ClN4O3. The molecule has 2 atom stereocenters. The molecule has 1 N–H and O–H groups in total. The number of halogens is 1. The predicted molar refractivity (Wildman–Crippen MR) is 85.1 cm³/mol. The molecule has 1 fully saturated rings. The quantitative estimate of drug-likeness (QED) is 0.785. The second-order valence-corrected chi connectivity index (χ2v) is 6.58. The number of anilines is 1. The number of rotatable bonds is 1. The van der Waals surface area contributed by atoms with Gasteiger partial charge in [0.1, 0.15) is 11.6 Å². The number of hydrogen-bond donors (Lipinski definition) is 1. The lowest BCUT2D eigenvalue weighted by Gasteiger charge is -2.44. The number of Topliss-reactive ketones (excluding diaryl/α,β-unsaturated/α-hetero) is 1. The van der Waals surface area contributed by atoms with Crippen LogP contribution in [0.4, 0.5) is 10.6 Å². The predicted octanol–water partition coefficient (Wildman–Crippen LogP) is 1.76. The number of aromatic nitrogens is 2. The van der Waals surface area contributed by atoms with Crippen LogP contribution in [0.2, 0.25) is 5.28 Å². The van der Waals surface area contributed by atoms with Gasteiger partial charge in [-0.3, -0.25) is 4.79 Å². The molecule has 0 bridgehead atoms. The van der Waals surface area contributed by atoms with E-state index in [0.29, 0.717) is 38.0 Å².